The summed E-state index contributed by atoms with van der Waals surface area (Å²) in [5, 5.41) is 6.57. The Morgan fingerprint density at radius 2 is 1.91 bits per heavy atom. The Balaban J connectivity index is 1.78. The Morgan fingerprint density at radius 1 is 1.13 bits per heavy atom. The minimum atomic E-state index is -0.515. The molecule has 0 amide bonds. The molecule has 3 nitrogen and oxygen atoms in total. The molecule has 1 N–H and O–H groups in total. The number of aromatic nitrogens is 1. The molecular formula is C17H13F2N3S. The van der Waals surface area contributed by atoms with E-state index in [9.17, 15) is 8.78 Å². The predicted octanol–water partition coefficient (Wildman–Crippen LogP) is 4.92. The molecule has 23 heavy (non-hydrogen) atoms. The third-order valence-electron chi connectivity index (χ3n) is 3.21. The number of halogens is 2. The molecule has 0 saturated carbocycles. The Hall–Kier alpha value is -2.60. The van der Waals surface area contributed by atoms with E-state index in [4.69, 9.17) is 0 Å². The number of anilines is 1. The number of hydrazone groups is 1. The minimum Gasteiger partial charge on any atom is -0.252 e. The van der Waals surface area contributed by atoms with Crippen molar-refractivity contribution >= 4 is 22.2 Å². The molecule has 0 aliphatic rings. The molecule has 0 atom stereocenters. The van der Waals surface area contributed by atoms with Gasteiger partial charge in [-0.1, -0.05) is 30.3 Å². The normalized spacial score (nSPS) is 11.5. The fourth-order valence-electron chi connectivity index (χ4n) is 2.03. The second-order valence-electron chi connectivity index (χ2n) is 4.84. The van der Waals surface area contributed by atoms with Gasteiger partial charge in [0.2, 0.25) is 5.13 Å². The van der Waals surface area contributed by atoms with Gasteiger partial charge in [-0.25, -0.2) is 13.8 Å². The van der Waals surface area contributed by atoms with E-state index < -0.39 is 11.6 Å². The Morgan fingerprint density at radius 3 is 2.70 bits per heavy atom. The SMILES string of the molecule is C/C(=N/Nc1nc(-c2ccccc2)cs1)c1cc(F)ccc1F. The lowest BCUT2D eigenvalue weighted by Crippen LogP contribution is -2.03. The summed E-state index contributed by atoms with van der Waals surface area (Å²) in [5.74, 6) is -1.02. The fraction of sp³-hybridized carbons (Fsp3) is 0.0588. The molecule has 6 heteroatoms. The number of hydrogen-bond acceptors (Lipinski definition) is 4. The van der Waals surface area contributed by atoms with Crippen molar-refractivity contribution in [2.75, 3.05) is 5.43 Å². The van der Waals surface area contributed by atoms with Crippen molar-refractivity contribution in [3.8, 4) is 11.3 Å². The highest BCUT2D eigenvalue weighted by Crippen LogP contribution is 2.24. The lowest BCUT2D eigenvalue weighted by atomic mass is 10.1. The Bertz CT molecular complexity index is 844. The van der Waals surface area contributed by atoms with Crippen LogP contribution in [0.3, 0.4) is 0 Å². The minimum absolute atomic E-state index is 0.123. The Kier molecular flexibility index (Phi) is 4.43. The molecular weight excluding hydrogens is 316 g/mol. The molecule has 0 aliphatic heterocycles. The number of benzene rings is 2. The van der Waals surface area contributed by atoms with Gasteiger partial charge in [0.25, 0.3) is 0 Å². The number of nitrogens with one attached hydrogen (secondary N) is 1. The first kappa shape index (κ1) is 15.3. The van der Waals surface area contributed by atoms with Crippen LogP contribution in [-0.4, -0.2) is 10.7 Å². The van der Waals surface area contributed by atoms with E-state index in [1.807, 2.05) is 35.7 Å². The highest BCUT2D eigenvalue weighted by Gasteiger charge is 2.08. The van der Waals surface area contributed by atoms with Crippen LogP contribution in [0, 0.1) is 11.6 Å². The summed E-state index contributed by atoms with van der Waals surface area (Å²) < 4.78 is 26.9. The molecule has 3 rings (SSSR count). The van der Waals surface area contributed by atoms with Gasteiger partial charge in [0.05, 0.1) is 11.4 Å². The van der Waals surface area contributed by atoms with Gasteiger partial charge < -0.3 is 0 Å². The van der Waals surface area contributed by atoms with Crippen molar-refractivity contribution in [3.63, 3.8) is 0 Å². The number of nitrogens with zero attached hydrogens (tertiary/aromatic N) is 2. The van der Waals surface area contributed by atoms with E-state index >= 15 is 0 Å². The van der Waals surface area contributed by atoms with Gasteiger partial charge in [-0.3, -0.25) is 5.43 Å². The van der Waals surface area contributed by atoms with Crippen molar-refractivity contribution in [2.45, 2.75) is 6.92 Å². The number of thiazole rings is 1. The molecule has 1 aromatic heterocycles. The van der Waals surface area contributed by atoms with E-state index in [2.05, 4.69) is 15.5 Å². The van der Waals surface area contributed by atoms with Gasteiger partial charge in [0.1, 0.15) is 11.6 Å². The molecule has 1 heterocycles. The maximum Gasteiger partial charge on any atom is 0.203 e. The second kappa shape index (κ2) is 6.66. The van der Waals surface area contributed by atoms with Crippen LogP contribution in [-0.2, 0) is 0 Å². The van der Waals surface area contributed by atoms with Crippen LogP contribution in [0.2, 0.25) is 0 Å². The van der Waals surface area contributed by atoms with Crippen LogP contribution >= 0.6 is 11.3 Å². The number of rotatable bonds is 4. The summed E-state index contributed by atoms with van der Waals surface area (Å²) >= 11 is 1.39. The van der Waals surface area contributed by atoms with Gasteiger partial charge in [-0.05, 0) is 25.1 Å². The summed E-state index contributed by atoms with van der Waals surface area (Å²) in [6.07, 6.45) is 0. The van der Waals surface area contributed by atoms with Crippen molar-refractivity contribution in [1.29, 1.82) is 0 Å². The van der Waals surface area contributed by atoms with Crippen molar-refractivity contribution in [2.24, 2.45) is 5.10 Å². The molecule has 0 bridgehead atoms. The summed E-state index contributed by atoms with van der Waals surface area (Å²) in [6.45, 7) is 1.61. The zero-order valence-corrected chi connectivity index (χ0v) is 13.1. The average molecular weight is 329 g/mol. The molecule has 0 saturated heterocycles. The standard InChI is InChI=1S/C17H13F2N3S/c1-11(14-9-13(18)7-8-15(14)19)21-22-17-20-16(10-23-17)12-5-3-2-4-6-12/h2-10H,1H3,(H,20,22)/b21-11-. The van der Waals surface area contributed by atoms with E-state index in [0.29, 0.717) is 10.8 Å². The summed E-state index contributed by atoms with van der Waals surface area (Å²) in [4.78, 5) is 4.42. The topological polar surface area (TPSA) is 37.3 Å². The second-order valence-corrected chi connectivity index (χ2v) is 5.70. The first-order valence-corrected chi connectivity index (χ1v) is 7.78. The maximum absolute atomic E-state index is 13.7. The molecule has 0 unspecified atom stereocenters. The van der Waals surface area contributed by atoms with Crippen molar-refractivity contribution in [3.05, 3.63) is 71.1 Å². The lowest BCUT2D eigenvalue weighted by Gasteiger charge is -2.03. The molecule has 116 valence electrons. The maximum atomic E-state index is 13.7. The van der Waals surface area contributed by atoms with Crippen molar-refractivity contribution < 1.29 is 8.78 Å². The van der Waals surface area contributed by atoms with Gasteiger partial charge >= 0.3 is 0 Å². The third-order valence-corrected chi connectivity index (χ3v) is 3.96. The van der Waals surface area contributed by atoms with Crippen LogP contribution in [0.25, 0.3) is 11.3 Å². The fourth-order valence-corrected chi connectivity index (χ4v) is 2.69. The van der Waals surface area contributed by atoms with E-state index in [-0.39, 0.29) is 5.56 Å². The summed E-state index contributed by atoms with van der Waals surface area (Å²) in [5.41, 5.74) is 5.10. The van der Waals surface area contributed by atoms with Gasteiger partial charge in [0, 0.05) is 16.5 Å². The zero-order valence-electron chi connectivity index (χ0n) is 12.3. The smallest absolute Gasteiger partial charge is 0.203 e. The zero-order chi connectivity index (χ0) is 16.2. The molecule has 0 radical (unpaired) electrons. The van der Waals surface area contributed by atoms with Gasteiger partial charge in [-0.15, -0.1) is 11.3 Å². The van der Waals surface area contributed by atoms with Gasteiger partial charge in [-0.2, -0.15) is 5.10 Å². The van der Waals surface area contributed by atoms with Crippen LogP contribution in [0.4, 0.5) is 13.9 Å². The first-order valence-electron chi connectivity index (χ1n) is 6.90. The lowest BCUT2D eigenvalue weighted by molar-refractivity contribution is 0.598. The van der Waals surface area contributed by atoms with Crippen LogP contribution in [0.1, 0.15) is 12.5 Å². The molecule has 0 spiro atoms. The molecule has 2 aromatic carbocycles. The first-order chi connectivity index (χ1) is 11.1. The summed E-state index contributed by atoms with van der Waals surface area (Å²) in [6, 6.07) is 13.0. The largest absolute Gasteiger partial charge is 0.252 e. The number of hydrogen-bond donors (Lipinski definition) is 1. The highest BCUT2D eigenvalue weighted by molar-refractivity contribution is 7.14. The highest BCUT2D eigenvalue weighted by atomic mass is 32.1. The monoisotopic (exact) mass is 329 g/mol. The van der Waals surface area contributed by atoms with Gasteiger partial charge in [0.15, 0.2) is 0 Å². The van der Waals surface area contributed by atoms with Crippen LogP contribution < -0.4 is 5.43 Å². The predicted molar refractivity (Wildman–Crippen MR) is 89.7 cm³/mol. The van der Waals surface area contributed by atoms with E-state index in [1.54, 1.807) is 6.92 Å². The summed E-state index contributed by atoms with van der Waals surface area (Å²) in [7, 11) is 0. The molecule has 0 fully saturated rings. The van der Waals surface area contributed by atoms with Crippen LogP contribution in [0.15, 0.2) is 59.0 Å². The van der Waals surface area contributed by atoms with E-state index in [0.717, 1.165) is 29.5 Å². The van der Waals surface area contributed by atoms with Crippen molar-refractivity contribution in [1.82, 2.24) is 4.98 Å². The molecule has 3 aromatic rings. The van der Waals surface area contributed by atoms with Crippen LogP contribution in [0.5, 0.6) is 0 Å². The quantitative estimate of drug-likeness (QED) is 0.544. The average Bonchev–Trinajstić information content (AvgIpc) is 3.05. The van der Waals surface area contributed by atoms with E-state index in [1.165, 1.54) is 11.3 Å². The third kappa shape index (κ3) is 3.60. The molecule has 0 aliphatic carbocycles. The Labute approximate surface area is 136 Å².